The van der Waals surface area contributed by atoms with Crippen molar-refractivity contribution in [2.75, 3.05) is 7.11 Å². The molecule has 0 radical (unpaired) electrons. The molecule has 1 aromatic heterocycles. The van der Waals surface area contributed by atoms with Crippen LogP contribution in [-0.2, 0) is 4.79 Å². The molecule has 1 fully saturated rings. The van der Waals surface area contributed by atoms with Crippen LogP contribution in [0.25, 0.3) is 11.5 Å². The summed E-state index contributed by atoms with van der Waals surface area (Å²) in [6, 6.07) is 6.92. The summed E-state index contributed by atoms with van der Waals surface area (Å²) in [6.07, 6.45) is 5.34. The van der Waals surface area contributed by atoms with Gasteiger partial charge in [-0.1, -0.05) is 31.0 Å². The standard InChI is InChI=1S/C19H24N4O4S/c1-12(16(24)21-18(25)20-14-6-4-3-5-7-14)28-19-23-22-17(27-19)13-8-10-15(26-2)11-9-13/h8-12,14H,3-7H2,1-2H3,(H2,20,21,24,25). The number of urea groups is 1. The number of aromatic nitrogens is 2. The molecule has 0 bridgehead atoms. The van der Waals surface area contributed by atoms with E-state index in [1.807, 2.05) is 12.1 Å². The second-order valence-electron chi connectivity index (χ2n) is 6.66. The third-order valence-electron chi connectivity index (χ3n) is 4.57. The molecule has 2 aromatic rings. The van der Waals surface area contributed by atoms with Crippen molar-refractivity contribution in [3.05, 3.63) is 24.3 Å². The fraction of sp³-hybridized carbons (Fsp3) is 0.474. The van der Waals surface area contributed by atoms with Gasteiger partial charge in [0.1, 0.15) is 5.75 Å². The number of thioether (sulfide) groups is 1. The zero-order valence-corrected chi connectivity index (χ0v) is 16.8. The van der Waals surface area contributed by atoms with E-state index in [-0.39, 0.29) is 11.3 Å². The van der Waals surface area contributed by atoms with Gasteiger partial charge in [-0.15, -0.1) is 10.2 Å². The number of nitrogens with zero attached hydrogens (tertiary/aromatic N) is 2. The second-order valence-corrected chi connectivity index (χ2v) is 7.95. The largest absolute Gasteiger partial charge is 0.497 e. The molecular weight excluding hydrogens is 380 g/mol. The molecule has 9 heteroatoms. The molecule has 8 nitrogen and oxygen atoms in total. The van der Waals surface area contributed by atoms with Crippen LogP contribution in [0.2, 0.25) is 0 Å². The van der Waals surface area contributed by atoms with E-state index < -0.39 is 17.2 Å². The molecule has 1 aromatic carbocycles. The Kier molecular flexibility index (Phi) is 6.91. The third-order valence-corrected chi connectivity index (χ3v) is 5.50. The smallest absolute Gasteiger partial charge is 0.321 e. The number of amides is 3. The Morgan fingerprint density at radius 2 is 1.89 bits per heavy atom. The zero-order chi connectivity index (χ0) is 19.9. The fourth-order valence-corrected chi connectivity index (χ4v) is 3.68. The topological polar surface area (TPSA) is 106 Å². The quantitative estimate of drug-likeness (QED) is 0.711. The summed E-state index contributed by atoms with van der Waals surface area (Å²) in [5, 5.41) is 12.9. The first-order valence-electron chi connectivity index (χ1n) is 9.31. The molecule has 1 heterocycles. The maximum atomic E-state index is 12.3. The summed E-state index contributed by atoms with van der Waals surface area (Å²) < 4.78 is 10.7. The highest BCUT2D eigenvalue weighted by molar-refractivity contribution is 8.00. The van der Waals surface area contributed by atoms with Crippen LogP contribution in [0.1, 0.15) is 39.0 Å². The summed E-state index contributed by atoms with van der Waals surface area (Å²) in [5.74, 6) is 0.685. The van der Waals surface area contributed by atoms with E-state index >= 15 is 0 Å². The Bertz CT molecular complexity index is 803. The van der Waals surface area contributed by atoms with Crippen LogP contribution < -0.4 is 15.4 Å². The van der Waals surface area contributed by atoms with E-state index in [2.05, 4.69) is 20.8 Å². The van der Waals surface area contributed by atoms with E-state index in [1.165, 1.54) is 6.42 Å². The number of nitrogens with one attached hydrogen (secondary N) is 2. The number of imide groups is 1. The Morgan fingerprint density at radius 3 is 2.57 bits per heavy atom. The number of hydrogen-bond acceptors (Lipinski definition) is 7. The van der Waals surface area contributed by atoms with Crippen molar-refractivity contribution >= 4 is 23.7 Å². The molecule has 0 spiro atoms. The number of rotatable bonds is 6. The van der Waals surface area contributed by atoms with Crippen molar-refractivity contribution in [3.63, 3.8) is 0 Å². The van der Waals surface area contributed by atoms with Crippen LogP contribution in [0.5, 0.6) is 5.75 Å². The highest BCUT2D eigenvalue weighted by Gasteiger charge is 2.22. The van der Waals surface area contributed by atoms with E-state index in [0.29, 0.717) is 5.89 Å². The first-order chi connectivity index (χ1) is 13.5. The summed E-state index contributed by atoms with van der Waals surface area (Å²) >= 11 is 1.11. The van der Waals surface area contributed by atoms with Gasteiger partial charge in [0.2, 0.25) is 11.8 Å². The molecule has 0 saturated heterocycles. The van der Waals surface area contributed by atoms with Crippen LogP contribution in [-0.4, -0.2) is 40.5 Å². The Labute approximate surface area is 167 Å². The predicted octanol–water partition coefficient (Wildman–Crippen LogP) is 3.38. The molecule has 28 heavy (non-hydrogen) atoms. The molecule has 1 aliphatic carbocycles. The number of carbonyl (C=O) groups excluding carboxylic acids is 2. The SMILES string of the molecule is COc1ccc(-c2nnc(SC(C)C(=O)NC(=O)NC3CCCCC3)o2)cc1. The summed E-state index contributed by atoms with van der Waals surface area (Å²) in [6.45, 7) is 1.69. The van der Waals surface area contributed by atoms with Gasteiger partial charge in [0.15, 0.2) is 0 Å². The molecule has 3 amide bonds. The van der Waals surface area contributed by atoms with Crippen molar-refractivity contribution in [3.8, 4) is 17.2 Å². The average molecular weight is 404 g/mol. The predicted molar refractivity (Wildman–Crippen MR) is 105 cm³/mol. The Hall–Kier alpha value is -2.55. The van der Waals surface area contributed by atoms with Gasteiger partial charge in [-0.3, -0.25) is 10.1 Å². The number of hydrogen-bond donors (Lipinski definition) is 2. The molecule has 150 valence electrons. The minimum Gasteiger partial charge on any atom is -0.497 e. The maximum Gasteiger partial charge on any atom is 0.321 e. The number of benzene rings is 1. The number of carbonyl (C=O) groups is 2. The number of ether oxygens (including phenoxy) is 1. The van der Waals surface area contributed by atoms with Gasteiger partial charge in [0.25, 0.3) is 5.22 Å². The summed E-state index contributed by atoms with van der Waals surface area (Å²) in [5.41, 5.74) is 0.754. The lowest BCUT2D eigenvalue weighted by Gasteiger charge is -2.22. The van der Waals surface area contributed by atoms with Crippen LogP contribution in [0.4, 0.5) is 4.79 Å². The fourth-order valence-electron chi connectivity index (χ4n) is 2.99. The summed E-state index contributed by atoms with van der Waals surface area (Å²) in [7, 11) is 1.60. The van der Waals surface area contributed by atoms with Crippen LogP contribution in [0.3, 0.4) is 0 Å². The van der Waals surface area contributed by atoms with Gasteiger partial charge in [-0.2, -0.15) is 0 Å². The van der Waals surface area contributed by atoms with Crippen LogP contribution in [0.15, 0.2) is 33.9 Å². The molecule has 1 aliphatic rings. The molecule has 1 unspecified atom stereocenters. The normalized spacial score (nSPS) is 15.6. The first-order valence-corrected chi connectivity index (χ1v) is 10.2. The minimum absolute atomic E-state index is 0.146. The van der Waals surface area contributed by atoms with Gasteiger partial charge >= 0.3 is 6.03 Å². The molecule has 0 aliphatic heterocycles. The van der Waals surface area contributed by atoms with E-state index in [4.69, 9.17) is 9.15 Å². The molecule has 2 N–H and O–H groups in total. The first kappa shape index (κ1) is 20.2. The average Bonchev–Trinajstić information content (AvgIpc) is 3.17. The van der Waals surface area contributed by atoms with Crippen LogP contribution >= 0.6 is 11.8 Å². The molecular formula is C19H24N4O4S. The Morgan fingerprint density at radius 1 is 1.18 bits per heavy atom. The molecule has 1 saturated carbocycles. The van der Waals surface area contributed by atoms with Crippen molar-refractivity contribution in [2.24, 2.45) is 0 Å². The lowest BCUT2D eigenvalue weighted by molar-refractivity contribution is -0.119. The Balaban J connectivity index is 1.50. The van der Waals surface area contributed by atoms with Crippen molar-refractivity contribution < 1.29 is 18.7 Å². The van der Waals surface area contributed by atoms with Gasteiger partial charge in [0, 0.05) is 11.6 Å². The number of methoxy groups -OCH3 is 1. The molecule has 1 atom stereocenters. The lowest BCUT2D eigenvalue weighted by atomic mass is 9.96. The monoisotopic (exact) mass is 404 g/mol. The van der Waals surface area contributed by atoms with Crippen LogP contribution in [0, 0.1) is 0 Å². The lowest BCUT2D eigenvalue weighted by Crippen LogP contribution is -2.47. The van der Waals surface area contributed by atoms with E-state index in [9.17, 15) is 9.59 Å². The second kappa shape index (κ2) is 9.59. The third kappa shape index (κ3) is 5.48. The van der Waals surface area contributed by atoms with E-state index in [0.717, 1.165) is 48.8 Å². The van der Waals surface area contributed by atoms with E-state index in [1.54, 1.807) is 26.2 Å². The summed E-state index contributed by atoms with van der Waals surface area (Å²) in [4.78, 5) is 24.3. The van der Waals surface area contributed by atoms with Crippen molar-refractivity contribution in [2.45, 2.75) is 55.5 Å². The van der Waals surface area contributed by atoms with Gasteiger partial charge in [-0.05, 0) is 44.0 Å². The highest BCUT2D eigenvalue weighted by atomic mass is 32.2. The maximum absolute atomic E-state index is 12.3. The van der Waals surface area contributed by atoms with Gasteiger partial charge in [0.05, 0.1) is 12.4 Å². The van der Waals surface area contributed by atoms with Crippen molar-refractivity contribution in [1.82, 2.24) is 20.8 Å². The highest BCUT2D eigenvalue weighted by Crippen LogP contribution is 2.27. The zero-order valence-electron chi connectivity index (χ0n) is 15.9. The van der Waals surface area contributed by atoms with Gasteiger partial charge in [-0.25, -0.2) is 4.79 Å². The van der Waals surface area contributed by atoms with Gasteiger partial charge < -0.3 is 14.5 Å². The minimum atomic E-state index is -0.554. The molecule has 3 rings (SSSR count). The van der Waals surface area contributed by atoms with Crippen molar-refractivity contribution in [1.29, 1.82) is 0 Å².